The van der Waals surface area contributed by atoms with Gasteiger partial charge in [-0.1, -0.05) is 42.5 Å². The second-order valence-electron chi connectivity index (χ2n) is 7.70. The Hall–Kier alpha value is -4.02. The molecule has 2 heterocycles. The van der Waals surface area contributed by atoms with Gasteiger partial charge in [0.2, 0.25) is 5.91 Å². The molecular weight excluding hydrogens is 482 g/mol. The van der Waals surface area contributed by atoms with E-state index >= 15 is 0 Å². The number of aromatic nitrogens is 3. The highest BCUT2D eigenvalue weighted by atomic mass is 32.2. The minimum atomic E-state index is -0.440. The molecule has 8 nitrogen and oxygen atoms in total. The molecule has 2 aromatic heterocycles. The van der Waals surface area contributed by atoms with Crippen molar-refractivity contribution in [3.8, 4) is 11.3 Å². The number of anilines is 1. The monoisotopic (exact) mass is 502 g/mol. The van der Waals surface area contributed by atoms with E-state index in [4.69, 9.17) is 0 Å². The van der Waals surface area contributed by atoms with Crippen LogP contribution in [0.4, 0.5) is 10.8 Å². The quantitative estimate of drug-likeness (QED) is 0.130. The molecule has 0 aliphatic heterocycles. The van der Waals surface area contributed by atoms with E-state index in [9.17, 15) is 14.9 Å². The average molecular weight is 503 g/mol. The van der Waals surface area contributed by atoms with Crippen molar-refractivity contribution in [2.75, 3.05) is 11.1 Å². The van der Waals surface area contributed by atoms with Crippen LogP contribution < -0.4 is 9.88 Å². The van der Waals surface area contributed by atoms with Gasteiger partial charge < -0.3 is 5.32 Å². The van der Waals surface area contributed by atoms with Crippen molar-refractivity contribution >= 4 is 50.9 Å². The van der Waals surface area contributed by atoms with E-state index in [0.29, 0.717) is 17.4 Å². The number of non-ortho nitro benzene ring substituents is 1. The zero-order chi connectivity index (χ0) is 24.2. The molecule has 5 aromatic rings. The van der Waals surface area contributed by atoms with Crippen LogP contribution >= 0.6 is 23.1 Å². The van der Waals surface area contributed by atoms with Crippen molar-refractivity contribution in [3.05, 3.63) is 99.9 Å². The molecule has 0 aliphatic rings. The molecule has 0 fully saturated rings. The first-order valence-electron chi connectivity index (χ1n) is 10.7. The number of carbonyl (C=O) groups excluding carboxylic acids is 1. The number of para-hydroxylation sites is 2. The van der Waals surface area contributed by atoms with E-state index in [2.05, 4.69) is 38.1 Å². The van der Waals surface area contributed by atoms with Crippen LogP contribution in [0.3, 0.4) is 0 Å². The van der Waals surface area contributed by atoms with E-state index in [1.165, 1.54) is 40.8 Å². The van der Waals surface area contributed by atoms with Crippen LogP contribution in [0, 0.1) is 10.1 Å². The number of nitrogens with zero attached hydrogens (tertiary/aromatic N) is 3. The van der Waals surface area contributed by atoms with Crippen molar-refractivity contribution in [1.29, 1.82) is 0 Å². The number of thioether (sulfide) groups is 1. The molecule has 0 spiro atoms. The van der Waals surface area contributed by atoms with Crippen LogP contribution in [0.25, 0.3) is 22.3 Å². The first kappa shape index (κ1) is 22.8. The van der Waals surface area contributed by atoms with Crippen molar-refractivity contribution < 1.29 is 14.3 Å². The number of benzene rings is 3. The summed E-state index contributed by atoms with van der Waals surface area (Å²) in [4.78, 5) is 31.0. The first-order chi connectivity index (χ1) is 17.1. The number of amides is 1. The number of rotatable bonds is 8. The van der Waals surface area contributed by atoms with Gasteiger partial charge in [-0.15, -0.1) is 11.3 Å². The summed E-state index contributed by atoms with van der Waals surface area (Å²) in [6.45, 7) is 0.694. The van der Waals surface area contributed by atoms with Gasteiger partial charge in [0.25, 0.3) is 5.69 Å². The normalized spacial score (nSPS) is 11.0. The molecule has 5 rings (SSSR count). The number of carbonyl (C=O) groups is 1. The second kappa shape index (κ2) is 10.1. The lowest BCUT2D eigenvalue weighted by atomic mass is 10.1. The third-order valence-corrected chi connectivity index (χ3v) is 7.09. The summed E-state index contributed by atoms with van der Waals surface area (Å²) in [5.41, 5.74) is 4.70. The number of nitro benzene ring substituents is 1. The van der Waals surface area contributed by atoms with Crippen molar-refractivity contribution in [2.24, 2.45) is 0 Å². The Morgan fingerprint density at radius 3 is 2.57 bits per heavy atom. The molecule has 0 atom stereocenters. The van der Waals surface area contributed by atoms with Crippen LogP contribution in [0.2, 0.25) is 0 Å². The van der Waals surface area contributed by atoms with Crippen molar-refractivity contribution in [2.45, 2.75) is 11.7 Å². The van der Waals surface area contributed by atoms with Crippen LogP contribution in [0.15, 0.2) is 89.4 Å². The Kier molecular flexibility index (Phi) is 6.55. The maximum atomic E-state index is 12.7. The van der Waals surface area contributed by atoms with E-state index < -0.39 is 4.92 Å². The molecule has 0 radical (unpaired) electrons. The molecule has 35 heavy (non-hydrogen) atoms. The topological polar surface area (TPSA) is 105 Å². The number of nitrogens with one attached hydrogen (secondary N) is 2. The predicted octanol–water partition coefficient (Wildman–Crippen LogP) is 5.27. The Morgan fingerprint density at radius 1 is 1.06 bits per heavy atom. The number of thiazole rings is 1. The van der Waals surface area contributed by atoms with Gasteiger partial charge in [-0.25, -0.2) is 14.5 Å². The summed E-state index contributed by atoms with van der Waals surface area (Å²) in [6, 6.07) is 24.5. The maximum Gasteiger partial charge on any atom is 0.317 e. The van der Waals surface area contributed by atoms with Gasteiger partial charge in [0.05, 0.1) is 16.4 Å². The molecule has 10 heteroatoms. The minimum Gasteiger partial charge on any atom is -0.301 e. The fraction of sp³-hybridized carbons (Fsp3) is 0.0800. The summed E-state index contributed by atoms with van der Waals surface area (Å²) in [6.07, 6.45) is 0. The van der Waals surface area contributed by atoms with Crippen LogP contribution in [0.5, 0.6) is 0 Å². The van der Waals surface area contributed by atoms with Gasteiger partial charge in [0, 0.05) is 23.1 Å². The third kappa shape index (κ3) is 5.23. The second-order valence-corrected chi connectivity index (χ2v) is 9.52. The fourth-order valence-electron chi connectivity index (χ4n) is 3.65. The lowest BCUT2D eigenvalue weighted by molar-refractivity contribution is -0.700. The van der Waals surface area contributed by atoms with Gasteiger partial charge in [-0.2, -0.15) is 0 Å². The SMILES string of the molecule is O=C(CSc1[nH]c2ccccc2[n+]1Cc1ccccc1)Nc1nc(-c2ccc([N+](=O)[O-])cc2)cs1. The number of aromatic amines is 1. The van der Waals surface area contributed by atoms with Crippen LogP contribution in [-0.4, -0.2) is 26.6 Å². The molecule has 0 saturated carbocycles. The van der Waals surface area contributed by atoms with Gasteiger partial charge >= 0.3 is 5.16 Å². The average Bonchev–Trinajstić information content (AvgIpc) is 3.48. The largest absolute Gasteiger partial charge is 0.317 e. The van der Waals surface area contributed by atoms with Gasteiger partial charge in [0.15, 0.2) is 16.2 Å². The summed E-state index contributed by atoms with van der Waals surface area (Å²) >= 11 is 2.75. The van der Waals surface area contributed by atoms with Gasteiger partial charge in [0.1, 0.15) is 6.54 Å². The molecule has 3 aromatic carbocycles. The number of hydrogen-bond acceptors (Lipinski definition) is 6. The van der Waals surface area contributed by atoms with E-state index in [0.717, 1.165) is 21.8 Å². The fourth-order valence-corrected chi connectivity index (χ4v) is 5.23. The molecule has 0 saturated heterocycles. The van der Waals surface area contributed by atoms with E-state index in [1.807, 2.05) is 41.8 Å². The lowest BCUT2D eigenvalue weighted by Gasteiger charge is -2.03. The molecule has 1 amide bonds. The summed E-state index contributed by atoms with van der Waals surface area (Å²) in [5.74, 6) is 0.0538. The number of hydrogen-bond donors (Lipinski definition) is 2. The van der Waals surface area contributed by atoms with Crippen LogP contribution in [-0.2, 0) is 11.3 Å². The zero-order valence-electron chi connectivity index (χ0n) is 18.4. The number of nitro groups is 1. The molecular formula is C25H20N5O3S2+. The van der Waals surface area contributed by atoms with Gasteiger partial charge in [-0.3, -0.25) is 14.9 Å². The smallest absolute Gasteiger partial charge is 0.301 e. The van der Waals surface area contributed by atoms with Crippen LogP contribution in [0.1, 0.15) is 5.56 Å². The van der Waals surface area contributed by atoms with Crippen molar-refractivity contribution in [3.63, 3.8) is 0 Å². The molecule has 0 bridgehead atoms. The highest BCUT2D eigenvalue weighted by Crippen LogP contribution is 2.27. The van der Waals surface area contributed by atoms with Gasteiger partial charge in [-0.05, 0) is 41.6 Å². The maximum absolute atomic E-state index is 12.7. The van der Waals surface area contributed by atoms with Crippen molar-refractivity contribution in [1.82, 2.24) is 9.97 Å². The highest BCUT2D eigenvalue weighted by Gasteiger charge is 2.20. The molecule has 0 aliphatic carbocycles. The number of H-pyrrole nitrogens is 1. The zero-order valence-corrected chi connectivity index (χ0v) is 20.0. The Bertz CT molecular complexity index is 1500. The summed E-state index contributed by atoms with van der Waals surface area (Å²) in [7, 11) is 0. The van der Waals surface area contributed by atoms with E-state index in [-0.39, 0.29) is 17.3 Å². The Labute approximate surface area is 208 Å². The Morgan fingerprint density at radius 2 is 1.80 bits per heavy atom. The first-order valence-corrected chi connectivity index (χ1v) is 12.6. The number of fused-ring (bicyclic) bond motifs is 1. The Balaban J connectivity index is 1.27. The number of imidazole rings is 1. The molecule has 174 valence electrons. The summed E-state index contributed by atoms with van der Waals surface area (Å²) in [5, 5.41) is 16.9. The third-order valence-electron chi connectivity index (χ3n) is 5.33. The van der Waals surface area contributed by atoms with E-state index in [1.54, 1.807) is 12.1 Å². The summed E-state index contributed by atoms with van der Waals surface area (Å²) < 4.78 is 2.18. The predicted molar refractivity (Wildman–Crippen MR) is 138 cm³/mol. The highest BCUT2D eigenvalue weighted by molar-refractivity contribution is 7.99. The lowest BCUT2D eigenvalue weighted by Crippen LogP contribution is -2.35. The standard InChI is InChI=1S/C25H19N5O3S2/c31-23(28-24-26-21(15-34-24)18-10-12-19(13-11-18)30(32)33)16-35-25-27-20-8-4-5-9-22(20)29(25)14-17-6-2-1-3-7-17/h1-13,15H,14,16H2,(H,26,28,31)/p+1. The molecule has 2 N–H and O–H groups in total. The molecule has 0 unspecified atom stereocenters. The minimum absolute atomic E-state index is 0.0241.